The first-order chi connectivity index (χ1) is 7.95. The van der Waals surface area contributed by atoms with Gasteiger partial charge in [0.2, 0.25) is 0 Å². The molecule has 0 aliphatic heterocycles. The zero-order valence-electron chi connectivity index (χ0n) is 11.1. The molecule has 0 N–H and O–H groups in total. The van der Waals surface area contributed by atoms with E-state index in [2.05, 4.69) is 35.1 Å². The number of imidazole rings is 1. The average Bonchev–Trinajstić information content (AvgIpc) is 2.53. The van der Waals surface area contributed by atoms with E-state index in [1.54, 1.807) is 0 Å². The van der Waals surface area contributed by atoms with Crippen molar-refractivity contribution in [3.63, 3.8) is 0 Å². The lowest BCUT2D eigenvalue weighted by Crippen LogP contribution is -2.09. The van der Waals surface area contributed by atoms with Crippen LogP contribution in [0.15, 0.2) is 5.16 Å². The van der Waals surface area contributed by atoms with Crippen LogP contribution in [0.25, 0.3) is 0 Å². The van der Waals surface area contributed by atoms with Crippen LogP contribution in [0.1, 0.15) is 25.2 Å². The summed E-state index contributed by atoms with van der Waals surface area (Å²) in [6, 6.07) is 0. The zero-order valence-corrected chi connectivity index (χ0v) is 11.9. The van der Waals surface area contributed by atoms with Crippen LogP contribution < -0.4 is 0 Å². The van der Waals surface area contributed by atoms with E-state index in [-0.39, 0.29) is 5.97 Å². The third-order valence-corrected chi connectivity index (χ3v) is 3.47. The van der Waals surface area contributed by atoms with Crippen LogP contribution in [-0.4, -0.2) is 28.4 Å². The number of carbonyl (C=O) groups is 1. The van der Waals surface area contributed by atoms with E-state index in [0.29, 0.717) is 11.7 Å². The van der Waals surface area contributed by atoms with E-state index in [0.717, 1.165) is 17.4 Å². The van der Waals surface area contributed by atoms with Gasteiger partial charge in [-0.3, -0.25) is 4.79 Å². The van der Waals surface area contributed by atoms with E-state index in [9.17, 15) is 4.79 Å². The van der Waals surface area contributed by atoms with Crippen LogP contribution in [0.3, 0.4) is 0 Å². The molecule has 0 saturated carbocycles. The first-order valence-electron chi connectivity index (χ1n) is 5.69. The Morgan fingerprint density at radius 3 is 2.65 bits per heavy atom. The number of aromatic nitrogens is 2. The third-order valence-electron chi connectivity index (χ3n) is 2.52. The van der Waals surface area contributed by atoms with Gasteiger partial charge >= 0.3 is 5.97 Å². The highest BCUT2D eigenvalue weighted by molar-refractivity contribution is 7.99. The van der Waals surface area contributed by atoms with E-state index in [1.165, 1.54) is 24.6 Å². The Labute approximate surface area is 107 Å². The van der Waals surface area contributed by atoms with Gasteiger partial charge in [-0.1, -0.05) is 25.6 Å². The van der Waals surface area contributed by atoms with Gasteiger partial charge in [0.25, 0.3) is 0 Å². The van der Waals surface area contributed by atoms with Crippen molar-refractivity contribution in [3.8, 4) is 0 Å². The Morgan fingerprint density at radius 1 is 1.47 bits per heavy atom. The largest absolute Gasteiger partial charge is 0.468 e. The van der Waals surface area contributed by atoms with Gasteiger partial charge in [0.05, 0.1) is 18.6 Å². The number of esters is 1. The maximum absolute atomic E-state index is 11.1. The molecular formula is C12H20N2O2S. The Bertz CT molecular complexity index is 399. The van der Waals surface area contributed by atoms with Crippen molar-refractivity contribution < 1.29 is 9.53 Å². The second-order valence-electron chi connectivity index (χ2n) is 4.43. The van der Waals surface area contributed by atoms with Gasteiger partial charge in [-0.2, -0.15) is 0 Å². The predicted octanol–water partition coefficient (Wildman–Crippen LogP) is 2.42. The Morgan fingerprint density at radius 2 is 2.12 bits per heavy atom. The second kappa shape index (κ2) is 6.10. The Kier molecular flexibility index (Phi) is 5.05. The standard InChI is InChI=1S/C12H20N2O2S/c1-8(2)6-14-10(4)9(3)13-12(14)17-7-11(15)16-5/h8H,6-7H2,1-5H3. The molecule has 1 aromatic rings. The summed E-state index contributed by atoms with van der Waals surface area (Å²) in [4.78, 5) is 15.6. The van der Waals surface area contributed by atoms with Crippen LogP contribution in [0.5, 0.6) is 0 Å². The monoisotopic (exact) mass is 256 g/mol. The minimum absolute atomic E-state index is 0.218. The Hall–Kier alpha value is -0.970. The van der Waals surface area contributed by atoms with Crippen molar-refractivity contribution in [2.75, 3.05) is 12.9 Å². The number of rotatable bonds is 5. The molecule has 1 rings (SSSR count). The molecule has 1 heterocycles. The molecule has 17 heavy (non-hydrogen) atoms. The van der Waals surface area contributed by atoms with Gasteiger partial charge in [-0.05, 0) is 19.8 Å². The first-order valence-corrected chi connectivity index (χ1v) is 6.67. The number of hydrogen-bond donors (Lipinski definition) is 0. The van der Waals surface area contributed by atoms with Gasteiger partial charge in [-0.15, -0.1) is 0 Å². The molecule has 1 aromatic heterocycles. The lowest BCUT2D eigenvalue weighted by Gasteiger charge is -2.11. The first kappa shape index (κ1) is 14.1. The van der Waals surface area contributed by atoms with Crippen LogP contribution in [-0.2, 0) is 16.1 Å². The highest BCUT2D eigenvalue weighted by atomic mass is 32.2. The van der Waals surface area contributed by atoms with Crippen LogP contribution in [0, 0.1) is 19.8 Å². The topological polar surface area (TPSA) is 44.1 Å². The molecule has 5 heteroatoms. The van der Waals surface area contributed by atoms with Crippen LogP contribution in [0.2, 0.25) is 0 Å². The smallest absolute Gasteiger partial charge is 0.316 e. The molecule has 0 saturated heterocycles. The maximum Gasteiger partial charge on any atom is 0.316 e. The summed E-state index contributed by atoms with van der Waals surface area (Å²) in [7, 11) is 1.40. The van der Waals surface area contributed by atoms with Crippen LogP contribution >= 0.6 is 11.8 Å². The van der Waals surface area contributed by atoms with Gasteiger partial charge in [0.1, 0.15) is 0 Å². The van der Waals surface area contributed by atoms with Crippen molar-refractivity contribution in [1.82, 2.24) is 9.55 Å². The average molecular weight is 256 g/mol. The molecular weight excluding hydrogens is 236 g/mol. The molecule has 0 aliphatic carbocycles. The SMILES string of the molecule is COC(=O)CSc1nc(C)c(C)n1CC(C)C. The molecule has 0 bridgehead atoms. The van der Waals surface area contributed by atoms with E-state index in [1.807, 2.05) is 6.92 Å². The molecule has 0 fully saturated rings. The molecule has 0 radical (unpaired) electrons. The van der Waals surface area contributed by atoms with Gasteiger partial charge in [0.15, 0.2) is 5.16 Å². The van der Waals surface area contributed by atoms with Crippen molar-refractivity contribution in [2.24, 2.45) is 5.92 Å². The number of thioether (sulfide) groups is 1. The van der Waals surface area contributed by atoms with Crippen molar-refractivity contribution in [2.45, 2.75) is 39.4 Å². The summed E-state index contributed by atoms with van der Waals surface area (Å²) < 4.78 is 6.81. The minimum Gasteiger partial charge on any atom is -0.468 e. The minimum atomic E-state index is -0.218. The highest BCUT2D eigenvalue weighted by Gasteiger charge is 2.14. The normalized spacial score (nSPS) is 10.9. The highest BCUT2D eigenvalue weighted by Crippen LogP contribution is 2.22. The van der Waals surface area contributed by atoms with Gasteiger partial charge in [-0.25, -0.2) is 4.98 Å². The Balaban J connectivity index is 2.83. The fourth-order valence-electron chi connectivity index (χ4n) is 1.50. The third kappa shape index (κ3) is 3.77. The molecule has 0 unspecified atom stereocenters. The second-order valence-corrected chi connectivity index (χ2v) is 5.38. The van der Waals surface area contributed by atoms with Crippen molar-refractivity contribution >= 4 is 17.7 Å². The fraction of sp³-hybridized carbons (Fsp3) is 0.667. The quantitative estimate of drug-likeness (QED) is 0.599. The number of nitrogens with zero attached hydrogens (tertiary/aromatic N) is 2. The fourth-order valence-corrected chi connectivity index (χ4v) is 2.43. The number of methoxy groups -OCH3 is 1. The van der Waals surface area contributed by atoms with E-state index >= 15 is 0 Å². The molecule has 0 spiro atoms. The molecule has 0 atom stereocenters. The van der Waals surface area contributed by atoms with Crippen molar-refractivity contribution in [1.29, 1.82) is 0 Å². The zero-order chi connectivity index (χ0) is 13.0. The molecule has 0 aliphatic rings. The summed E-state index contributed by atoms with van der Waals surface area (Å²) in [6.07, 6.45) is 0. The lowest BCUT2D eigenvalue weighted by molar-refractivity contribution is -0.137. The number of hydrogen-bond acceptors (Lipinski definition) is 4. The molecule has 0 aromatic carbocycles. The summed E-state index contributed by atoms with van der Waals surface area (Å²) in [6.45, 7) is 9.32. The molecule has 0 amide bonds. The summed E-state index contributed by atoms with van der Waals surface area (Å²) in [5.41, 5.74) is 2.20. The van der Waals surface area contributed by atoms with Gasteiger partial charge in [0, 0.05) is 12.2 Å². The lowest BCUT2D eigenvalue weighted by atomic mass is 10.2. The van der Waals surface area contributed by atoms with E-state index in [4.69, 9.17) is 0 Å². The van der Waals surface area contributed by atoms with Crippen molar-refractivity contribution in [3.05, 3.63) is 11.4 Å². The predicted molar refractivity (Wildman–Crippen MR) is 69.3 cm³/mol. The summed E-state index contributed by atoms with van der Waals surface area (Å²) in [5, 5.41) is 0.902. The molecule has 96 valence electrons. The summed E-state index contributed by atoms with van der Waals surface area (Å²) >= 11 is 1.43. The van der Waals surface area contributed by atoms with E-state index < -0.39 is 0 Å². The number of ether oxygens (including phenoxy) is 1. The number of aryl methyl sites for hydroxylation is 1. The van der Waals surface area contributed by atoms with Gasteiger partial charge < -0.3 is 9.30 Å². The van der Waals surface area contributed by atoms with Crippen LogP contribution in [0.4, 0.5) is 0 Å². The summed E-state index contributed by atoms with van der Waals surface area (Å²) in [5.74, 6) is 0.647. The number of carbonyl (C=O) groups excluding carboxylic acids is 1. The maximum atomic E-state index is 11.1. The molecule has 4 nitrogen and oxygen atoms in total.